The summed E-state index contributed by atoms with van der Waals surface area (Å²) in [6, 6.07) is 8.53. The van der Waals surface area contributed by atoms with E-state index < -0.39 is 0 Å². The molecule has 2 aliphatic carbocycles. The van der Waals surface area contributed by atoms with Crippen LogP contribution in [0.1, 0.15) is 64.0 Å². The van der Waals surface area contributed by atoms with Gasteiger partial charge in [-0.3, -0.25) is 9.59 Å². The summed E-state index contributed by atoms with van der Waals surface area (Å²) >= 11 is 0. The maximum atomic E-state index is 12.5. The Hall–Kier alpha value is -1.84. The number of carbonyl (C=O) groups excluding carboxylic acids is 2. The lowest BCUT2D eigenvalue weighted by molar-refractivity contribution is -0.129. The third-order valence-electron chi connectivity index (χ3n) is 6.27. The Balaban J connectivity index is 1.41. The van der Waals surface area contributed by atoms with Gasteiger partial charge in [0.25, 0.3) is 0 Å². The van der Waals surface area contributed by atoms with Crippen molar-refractivity contribution < 1.29 is 9.59 Å². The van der Waals surface area contributed by atoms with Crippen LogP contribution in [0.25, 0.3) is 0 Å². The van der Waals surface area contributed by atoms with Gasteiger partial charge in [-0.25, -0.2) is 0 Å². The highest BCUT2D eigenvalue weighted by atomic mass is 16.2. The number of carbonyl (C=O) groups is 2. The van der Waals surface area contributed by atoms with E-state index in [9.17, 15) is 9.59 Å². The van der Waals surface area contributed by atoms with Gasteiger partial charge in [0.2, 0.25) is 11.8 Å². The van der Waals surface area contributed by atoms with Crippen molar-refractivity contribution in [1.82, 2.24) is 10.6 Å². The van der Waals surface area contributed by atoms with Gasteiger partial charge >= 0.3 is 0 Å². The zero-order valence-corrected chi connectivity index (χ0v) is 16.3. The van der Waals surface area contributed by atoms with E-state index in [1.54, 1.807) is 0 Å². The van der Waals surface area contributed by atoms with E-state index in [2.05, 4.69) is 37.5 Å². The molecule has 1 unspecified atom stereocenters. The molecule has 3 rings (SSSR count). The van der Waals surface area contributed by atoms with Gasteiger partial charge in [0, 0.05) is 18.0 Å². The average Bonchev–Trinajstić information content (AvgIpc) is 2.92. The Morgan fingerprint density at radius 3 is 2.35 bits per heavy atom. The minimum absolute atomic E-state index is 0.0811. The molecular weight excluding hydrogens is 324 g/mol. The van der Waals surface area contributed by atoms with Gasteiger partial charge in [-0.1, -0.05) is 51.5 Å². The number of amides is 2. The van der Waals surface area contributed by atoms with Crippen molar-refractivity contribution >= 4 is 11.8 Å². The largest absolute Gasteiger partial charge is 0.353 e. The summed E-state index contributed by atoms with van der Waals surface area (Å²) in [5.41, 5.74) is 2.47. The molecule has 1 aromatic rings. The second kappa shape index (κ2) is 7.81. The Kier molecular flexibility index (Phi) is 5.69. The van der Waals surface area contributed by atoms with Crippen LogP contribution in [0, 0.1) is 11.3 Å². The number of hydrogen-bond acceptors (Lipinski definition) is 2. The third kappa shape index (κ3) is 4.28. The summed E-state index contributed by atoms with van der Waals surface area (Å²) in [6.07, 6.45) is 6.36. The van der Waals surface area contributed by atoms with E-state index in [0.717, 1.165) is 44.1 Å². The maximum absolute atomic E-state index is 12.5. The van der Waals surface area contributed by atoms with E-state index in [0.29, 0.717) is 6.42 Å². The zero-order valence-electron chi connectivity index (χ0n) is 16.3. The Morgan fingerprint density at radius 2 is 1.73 bits per heavy atom. The van der Waals surface area contributed by atoms with E-state index in [1.165, 1.54) is 5.56 Å². The minimum atomic E-state index is 0.0811. The molecule has 0 aromatic heterocycles. The van der Waals surface area contributed by atoms with Crippen LogP contribution in [-0.2, 0) is 22.4 Å². The van der Waals surface area contributed by atoms with Gasteiger partial charge in [-0.05, 0) is 48.6 Å². The highest BCUT2D eigenvalue weighted by Crippen LogP contribution is 2.42. The minimum Gasteiger partial charge on any atom is -0.353 e. The van der Waals surface area contributed by atoms with Gasteiger partial charge in [0.05, 0.1) is 6.42 Å². The maximum Gasteiger partial charge on any atom is 0.224 e. The summed E-state index contributed by atoms with van der Waals surface area (Å²) in [7, 11) is 0. The predicted octanol–water partition coefficient (Wildman–Crippen LogP) is 3.38. The van der Waals surface area contributed by atoms with Crippen molar-refractivity contribution in [2.24, 2.45) is 11.3 Å². The first kappa shape index (κ1) is 18.9. The lowest BCUT2D eigenvalue weighted by atomic mass is 9.80. The van der Waals surface area contributed by atoms with Gasteiger partial charge in [0.15, 0.2) is 0 Å². The van der Waals surface area contributed by atoms with Gasteiger partial charge in [-0.2, -0.15) is 0 Å². The predicted molar refractivity (Wildman–Crippen MR) is 104 cm³/mol. The summed E-state index contributed by atoms with van der Waals surface area (Å²) in [4.78, 5) is 24.8. The summed E-state index contributed by atoms with van der Waals surface area (Å²) in [5, 5.41) is 6.31. The van der Waals surface area contributed by atoms with Crippen molar-refractivity contribution in [3.05, 3.63) is 35.4 Å². The van der Waals surface area contributed by atoms with Crippen LogP contribution in [0.3, 0.4) is 0 Å². The summed E-state index contributed by atoms with van der Waals surface area (Å²) in [6.45, 7) is 6.51. The molecule has 142 valence electrons. The molecule has 0 bridgehead atoms. The van der Waals surface area contributed by atoms with Crippen LogP contribution in [0.5, 0.6) is 0 Å². The fourth-order valence-electron chi connectivity index (χ4n) is 4.49. The van der Waals surface area contributed by atoms with Gasteiger partial charge in [0.1, 0.15) is 0 Å². The SMILES string of the molecule is CCc1ccccc1CC(=O)NC1CC(NC(=O)C2CCCC2(C)C)C1. The number of aryl methyl sites for hydroxylation is 1. The molecule has 2 fully saturated rings. The van der Waals surface area contributed by atoms with Crippen LogP contribution in [-0.4, -0.2) is 23.9 Å². The molecule has 0 heterocycles. The highest BCUT2D eigenvalue weighted by Gasteiger charge is 2.41. The quantitative estimate of drug-likeness (QED) is 0.821. The molecule has 0 spiro atoms. The molecule has 4 heteroatoms. The van der Waals surface area contributed by atoms with Crippen LogP contribution in [0.15, 0.2) is 24.3 Å². The van der Waals surface area contributed by atoms with Crippen molar-refractivity contribution in [1.29, 1.82) is 0 Å². The summed E-state index contributed by atoms with van der Waals surface area (Å²) in [5.74, 6) is 0.429. The number of nitrogens with one attached hydrogen (secondary N) is 2. The molecule has 2 aliphatic rings. The number of benzene rings is 1. The van der Waals surface area contributed by atoms with Crippen molar-refractivity contribution in [2.45, 2.75) is 77.8 Å². The first-order chi connectivity index (χ1) is 12.4. The van der Waals surface area contributed by atoms with E-state index in [1.807, 2.05) is 18.2 Å². The van der Waals surface area contributed by atoms with Crippen molar-refractivity contribution in [3.63, 3.8) is 0 Å². The molecule has 1 atom stereocenters. The zero-order chi connectivity index (χ0) is 18.7. The van der Waals surface area contributed by atoms with E-state index >= 15 is 0 Å². The lowest BCUT2D eigenvalue weighted by Gasteiger charge is -2.38. The molecule has 2 saturated carbocycles. The molecule has 1 aromatic carbocycles. The molecule has 26 heavy (non-hydrogen) atoms. The molecule has 2 amide bonds. The molecule has 0 saturated heterocycles. The van der Waals surface area contributed by atoms with Crippen LogP contribution in [0.4, 0.5) is 0 Å². The average molecular weight is 357 g/mol. The monoisotopic (exact) mass is 356 g/mol. The Labute approximate surface area is 157 Å². The summed E-state index contributed by atoms with van der Waals surface area (Å²) < 4.78 is 0. The second-order valence-corrected chi connectivity index (χ2v) is 8.67. The molecule has 2 N–H and O–H groups in total. The van der Waals surface area contributed by atoms with Crippen LogP contribution < -0.4 is 10.6 Å². The number of hydrogen-bond donors (Lipinski definition) is 2. The first-order valence-electron chi connectivity index (χ1n) is 10.1. The Bertz CT molecular complexity index is 662. The lowest BCUT2D eigenvalue weighted by Crippen LogP contribution is -2.55. The molecular formula is C22H32N2O2. The van der Waals surface area contributed by atoms with Crippen molar-refractivity contribution in [3.8, 4) is 0 Å². The molecule has 4 nitrogen and oxygen atoms in total. The standard InChI is InChI=1S/C22H32N2O2/c1-4-15-8-5-6-9-16(15)12-20(25)23-17-13-18(14-17)24-21(26)19-10-7-11-22(19,2)3/h5-6,8-9,17-19H,4,7,10-14H2,1-3H3,(H,23,25)(H,24,26). The van der Waals surface area contributed by atoms with Crippen LogP contribution >= 0.6 is 0 Å². The van der Waals surface area contributed by atoms with Gasteiger partial charge < -0.3 is 10.6 Å². The van der Waals surface area contributed by atoms with Crippen molar-refractivity contribution in [2.75, 3.05) is 0 Å². The Morgan fingerprint density at radius 1 is 1.08 bits per heavy atom. The first-order valence-corrected chi connectivity index (χ1v) is 10.1. The fourth-order valence-corrected chi connectivity index (χ4v) is 4.49. The van der Waals surface area contributed by atoms with Gasteiger partial charge in [-0.15, -0.1) is 0 Å². The molecule has 0 radical (unpaired) electrons. The number of rotatable bonds is 6. The fraction of sp³-hybridized carbons (Fsp3) is 0.636. The normalized spacial score (nSPS) is 26.8. The second-order valence-electron chi connectivity index (χ2n) is 8.67. The van der Waals surface area contributed by atoms with Crippen LogP contribution in [0.2, 0.25) is 0 Å². The topological polar surface area (TPSA) is 58.2 Å². The highest BCUT2D eigenvalue weighted by molar-refractivity contribution is 5.81. The third-order valence-corrected chi connectivity index (χ3v) is 6.27. The van der Waals surface area contributed by atoms with E-state index in [-0.39, 0.29) is 35.2 Å². The smallest absolute Gasteiger partial charge is 0.224 e. The molecule has 0 aliphatic heterocycles. The van der Waals surface area contributed by atoms with E-state index in [4.69, 9.17) is 0 Å².